The van der Waals surface area contributed by atoms with Gasteiger partial charge in [-0.3, -0.25) is 0 Å². The van der Waals surface area contributed by atoms with Gasteiger partial charge >= 0.3 is 0 Å². The van der Waals surface area contributed by atoms with E-state index in [0.29, 0.717) is 17.4 Å². The zero-order valence-corrected chi connectivity index (χ0v) is 14.2. The number of rotatable bonds is 2. The van der Waals surface area contributed by atoms with Gasteiger partial charge in [0.25, 0.3) is 0 Å². The lowest BCUT2D eigenvalue weighted by Crippen LogP contribution is -2.46. The third-order valence-electron chi connectivity index (χ3n) is 4.37. The highest BCUT2D eigenvalue weighted by Gasteiger charge is 2.41. The number of fused-ring (bicyclic) bond motifs is 1. The van der Waals surface area contributed by atoms with Gasteiger partial charge in [0.15, 0.2) is 0 Å². The van der Waals surface area contributed by atoms with Gasteiger partial charge in [0, 0.05) is 17.5 Å². The molecule has 1 aromatic heterocycles. The molecule has 2 aliphatic rings. The summed E-state index contributed by atoms with van der Waals surface area (Å²) in [4.78, 5) is 1.38. The summed E-state index contributed by atoms with van der Waals surface area (Å²) in [5.41, 5.74) is 0. The largest absolute Gasteiger partial charge is 0.244 e. The minimum absolute atomic E-state index is 0.247. The van der Waals surface area contributed by atoms with Crippen LogP contribution < -0.4 is 0 Å². The summed E-state index contributed by atoms with van der Waals surface area (Å²) in [5, 5.41) is 0. The maximum Gasteiger partial charge on any atom is 0.244 e. The summed E-state index contributed by atoms with van der Waals surface area (Å²) >= 11 is 4.89. The molecule has 106 valence electrons. The van der Waals surface area contributed by atoms with E-state index in [1.54, 1.807) is 10.4 Å². The molecule has 19 heavy (non-hydrogen) atoms. The van der Waals surface area contributed by atoms with E-state index in [1.807, 2.05) is 6.92 Å². The molecule has 1 saturated carbocycles. The topological polar surface area (TPSA) is 37.4 Å². The molecule has 2 unspecified atom stereocenters. The fraction of sp³-hybridized carbons (Fsp3) is 0.692. The van der Waals surface area contributed by atoms with E-state index in [2.05, 4.69) is 15.9 Å². The molecule has 1 aliphatic carbocycles. The fourth-order valence-corrected chi connectivity index (χ4v) is 7.66. The summed E-state index contributed by atoms with van der Waals surface area (Å²) in [6, 6.07) is 2.00. The first kappa shape index (κ1) is 14.0. The van der Waals surface area contributed by atoms with Gasteiger partial charge in [0.2, 0.25) is 10.0 Å². The van der Waals surface area contributed by atoms with Crippen molar-refractivity contribution in [1.82, 2.24) is 4.31 Å². The Morgan fingerprint density at radius 2 is 2.05 bits per heavy atom. The second-order valence-corrected chi connectivity index (χ2v) is 9.98. The van der Waals surface area contributed by atoms with E-state index >= 15 is 0 Å². The first-order valence-electron chi connectivity index (χ1n) is 6.78. The standard InChI is InChI=1S/C13H18BrNO2S2/c1-9-12(8-13(14)18-9)19(16,17)15-7-3-5-10-4-2-6-11(10)15/h8,10-11H,2-7H2,1H3. The number of nitrogens with zero attached hydrogens (tertiary/aromatic N) is 1. The number of sulfonamides is 1. The molecule has 0 radical (unpaired) electrons. The number of thiophene rings is 1. The Morgan fingerprint density at radius 3 is 2.74 bits per heavy atom. The quantitative estimate of drug-likeness (QED) is 0.801. The zero-order chi connectivity index (χ0) is 13.6. The summed E-state index contributed by atoms with van der Waals surface area (Å²) in [7, 11) is -3.31. The highest BCUT2D eigenvalue weighted by atomic mass is 79.9. The third kappa shape index (κ3) is 2.41. The molecule has 0 aromatic carbocycles. The molecule has 0 spiro atoms. The summed E-state index contributed by atoms with van der Waals surface area (Å²) in [6.45, 7) is 2.58. The van der Waals surface area contributed by atoms with Crippen LogP contribution in [0.5, 0.6) is 0 Å². The Kier molecular flexibility index (Phi) is 3.79. The molecule has 1 aromatic rings. The van der Waals surface area contributed by atoms with Gasteiger partial charge in [0.05, 0.1) is 8.68 Å². The first-order chi connectivity index (χ1) is 9.00. The molecule has 2 fully saturated rings. The molecular weight excluding hydrogens is 346 g/mol. The number of hydrogen-bond donors (Lipinski definition) is 0. The van der Waals surface area contributed by atoms with Crippen molar-refractivity contribution < 1.29 is 8.42 Å². The highest BCUT2D eigenvalue weighted by Crippen LogP contribution is 2.41. The van der Waals surface area contributed by atoms with Crippen molar-refractivity contribution in [2.24, 2.45) is 5.92 Å². The molecule has 0 N–H and O–H groups in total. The van der Waals surface area contributed by atoms with Crippen LogP contribution in [0.25, 0.3) is 0 Å². The van der Waals surface area contributed by atoms with Crippen LogP contribution in [0.1, 0.15) is 37.0 Å². The Balaban J connectivity index is 1.97. The summed E-state index contributed by atoms with van der Waals surface area (Å²) < 4.78 is 28.4. The molecule has 1 saturated heterocycles. The molecule has 2 heterocycles. The monoisotopic (exact) mass is 363 g/mol. The Hall–Kier alpha value is 0.0900. The molecule has 2 atom stereocenters. The maximum absolute atomic E-state index is 12.9. The van der Waals surface area contributed by atoms with Crippen LogP contribution >= 0.6 is 27.3 Å². The number of hydrogen-bond acceptors (Lipinski definition) is 3. The van der Waals surface area contributed by atoms with Crippen molar-refractivity contribution in [2.75, 3.05) is 6.54 Å². The van der Waals surface area contributed by atoms with E-state index < -0.39 is 10.0 Å². The predicted octanol–water partition coefficient (Wildman–Crippen LogP) is 3.77. The van der Waals surface area contributed by atoms with Crippen LogP contribution in [0.2, 0.25) is 0 Å². The van der Waals surface area contributed by atoms with Crippen molar-refractivity contribution >= 4 is 37.3 Å². The normalized spacial score (nSPS) is 28.5. The minimum atomic E-state index is -3.31. The second kappa shape index (κ2) is 5.13. The van der Waals surface area contributed by atoms with Crippen LogP contribution in [0, 0.1) is 12.8 Å². The van der Waals surface area contributed by atoms with Crippen LogP contribution in [-0.4, -0.2) is 25.3 Å². The van der Waals surface area contributed by atoms with E-state index in [9.17, 15) is 8.42 Å². The average Bonchev–Trinajstić information content (AvgIpc) is 2.94. The first-order valence-corrected chi connectivity index (χ1v) is 9.83. The molecule has 0 amide bonds. The predicted molar refractivity (Wildman–Crippen MR) is 81.0 cm³/mol. The van der Waals surface area contributed by atoms with Crippen LogP contribution in [0.4, 0.5) is 0 Å². The van der Waals surface area contributed by atoms with Gasteiger partial charge in [-0.05, 0) is 60.5 Å². The molecule has 1 aliphatic heterocycles. The average molecular weight is 364 g/mol. The SMILES string of the molecule is Cc1sc(Br)cc1S(=O)(=O)N1CCCC2CCCC21. The lowest BCUT2D eigenvalue weighted by molar-refractivity contribution is 0.202. The smallest absolute Gasteiger partial charge is 0.207 e. The lowest BCUT2D eigenvalue weighted by Gasteiger charge is -2.36. The van der Waals surface area contributed by atoms with Gasteiger partial charge < -0.3 is 0 Å². The number of aryl methyl sites for hydroxylation is 1. The van der Waals surface area contributed by atoms with Crippen LogP contribution in [0.3, 0.4) is 0 Å². The zero-order valence-electron chi connectivity index (χ0n) is 10.9. The number of halogens is 1. The van der Waals surface area contributed by atoms with E-state index in [4.69, 9.17) is 0 Å². The second-order valence-electron chi connectivity index (χ2n) is 5.49. The van der Waals surface area contributed by atoms with Gasteiger partial charge in [-0.1, -0.05) is 6.42 Å². The van der Waals surface area contributed by atoms with E-state index in [0.717, 1.165) is 21.5 Å². The van der Waals surface area contributed by atoms with E-state index in [1.165, 1.54) is 30.6 Å². The van der Waals surface area contributed by atoms with Gasteiger partial charge in [-0.15, -0.1) is 11.3 Å². The highest BCUT2D eigenvalue weighted by molar-refractivity contribution is 9.11. The van der Waals surface area contributed by atoms with Gasteiger partial charge in [-0.2, -0.15) is 4.31 Å². The fourth-order valence-electron chi connectivity index (χ4n) is 3.52. The maximum atomic E-state index is 12.9. The Bertz CT molecular complexity index is 581. The summed E-state index contributed by atoms with van der Waals surface area (Å²) in [6.07, 6.45) is 5.61. The van der Waals surface area contributed by atoms with Crippen molar-refractivity contribution in [2.45, 2.75) is 50.0 Å². The molecular formula is C13H18BrNO2S2. The Morgan fingerprint density at radius 1 is 1.32 bits per heavy atom. The lowest BCUT2D eigenvalue weighted by atomic mass is 9.94. The molecule has 3 rings (SSSR count). The van der Waals surface area contributed by atoms with Crippen molar-refractivity contribution in [1.29, 1.82) is 0 Å². The van der Waals surface area contributed by atoms with Gasteiger partial charge in [0.1, 0.15) is 0 Å². The third-order valence-corrected chi connectivity index (χ3v) is 8.10. The molecule has 0 bridgehead atoms. The van der Waals surface area contributed by atoms with E-state index in [-0.39, 0.29) is 6.04 Å². The van der Waals surface area contributed by atoms with Crippen molar-refractivity contribution in [3.05, 3.63) is 14.7 Å². The Labute approximate surface area is 127 Å². The number of piperidine rings is 1. The molecule has 3 nitrogen and oxygen atoms in total. The minimum Gasteiger partial charge on any atom is -0.207 e. The van der Waals surface area contributed by atoms with Gasteiger partial charge in [-0.25, -0.2) is 8.42 Å². The van der Waals surface area contributed by atoms with Crippen LogP contribution in [0.15, 0.2) is 14.7 Å². The van der Waals surface area contributed by atoms with Crippen LogP contribution in [-0.2, 0) is 10.0 Å². The summed E-state index contributed by atoms with van der Waals surface area (Å²) in [5.74, 6) is 0.589. The van der Waals surface area contributed by atoms with Crippen molar-refractivity contribution in [3.8, 4) is 0 Å². The molecule has 6 heteroatoms. The van der Waals surface area contributed by atoms with Crippen molar-refractivity contribution in [3.63, 3.8) is 0 Å².